The van der Waals surface area contributed by atoms with Crippen molar-refractivity contribution in [2.75, 3.05) is 0 Å². The van der Waals surface area contributed by atoms with Gasteiger partial charge in [-0.05, 0) is 134 Å². The fourth-order valence-corrected chi connectivity index (χ4v) is 9.32. The number of nitrogens with zero attached hydrogens (tertiary/aromatic N) is 15. The molecule has 0 bridgehead atoms. The molecule has 26 heteroatoms. The topological polar surface area (TPSA) is 281 Å². The van der Waals surface area contributed by atoms with Crippen LogP contribution in [0.25, 0.3) is 67.4 Å². The fourth-order valence-electron chi connectivity index (χ4n) is 9.32. The van der Waals surface area contributed by atoms with Crippen LogP contribution in [-0.2, 0) is 31.5 Å². The molecule has 0 saturated heterocycles. The van der Waals surface area contributed by atoms with Crippen LogP contribution < -0.4 is 16.0 Å². The van der Waals surface area contributed by atoms with Crippen LogP contribution in [0.5, 0.6) is 0 Å². The number of carbonyl (C=O) groups is 3. The van der Waals surface area contributed by atoms with Crippen molar-refractivity contribution in [2.24, 2.45) is 0 Å². The maximum atomic E-state index is 14.6. The van der Waals surface area contributed by atoms with Crippen LogP contribution in [0.1, 0.15) is 97.8 Å². The third-order valence-electron chi connectivity index (χ3n) is 14.3. The first-order chi connectivity index (χ1) is 46.2. The molecule has 0 aliphatic heterocycles. The first-order valence-corrected chi connectivity index (χ1v) is 29.4. The molecule has 12 rings (SSSR count). The Morgan fingerprint density at radius 1 is 0.392 bits per heavy atom. The summed E-state index contributed by atoms with van der Waals surface area (Å²) in [6.07, 6.45) is 28.2. The molecule has 0 saturated carbocycles. The second-order valence-electron chi connectivity index (χ2n) is 21.6. The third-order valence-corrected chi connectivity index (χ3v) is 14.3. The molecule has 21 nitrogen and oxygen atoms in total. The number of rotatable bonds is 17. The highest BCUT2D eigenvalue weighted by atomic mass is 19.3. The second-order valence-corrected chi connectivity index (χ2v) is 21.6. The van der Waals surface area contributed by atoms with Crippen LogP contribution in [0, 0.1) is 26.6 Å². The lowest BCUT2D eigenvalue weighted by molar-refractivity contribution is 0.0122. The minimum absolute atomic E-state index is 0. The summed E-state index contributed by atoms with van der Waals surface area (Å²) < 4.78 is 68.7. The van der Waals surface area contributed by atoms with Gasteiger partial charge in [0.05, 0.1) is 53.6 Å². The zero-order valence-corrected chi connectivity index (χ0v) is 52.0. The van der Waals surface area contributed by atoms with E-state index in [9.17, 15) is 36.3 Å². The lowest BCUT2D eigenvalue weighted by Gasteiger charge is -2.11. The van der Waals surface area contributed by atoms with Gasteiger partial charge in [-0.1, -0.05) is 13.5 Å². The van der Waals surface area contributed by atoms with Crippen LogP contribution in [0.15, 0.2) is 203 Å². The number of amides is 3. The number of aryl methyl sites for hydroxylation is 3. The van der Waals surface area contributed by atoms with E-state index in [4.69, 9.17) is 0 Å². The molecule has 0 fully saturated rings. The van der Waals surface area contributed by atoms with Gasteiger partial charge in [-0.2, -0.15) is 17.6 Å². The smallest absolute Gasteiger partial charge is 0.286 e. The molecular formula is C71H61F5N18O3. The summed E-state index contributed by atoms with van der Waals surface area (Å²) in [4.78, 5) is 99.2. The predicted octanol–water partition coefficient (Wildman–Crippen LogP) is 12.7. The molecular weight excluding hydrogens is 1250 g/mol. The summed E-state index contributed by atoms with van der Waals surface area (Å²) in [6, 6.07) is 24.7. The fraction of sp³-hybridized carbons (Fsp3) is 0.155. The molecule has 3 amide bonds. The van der Waals surface area contributed by atoms with Gasteiger partial charge in [-0.3, -0.25) is 89.1 Å². The van der Waals surface area contributed by atoms with Gasteiger partial charge in [-0.15, -0.1) is 0 Å². The molecule has 12 aromatic rings. The molecule has 97 heavy (non-hydrogen) atoms. The van der Waals surface area contributed by atoms with Crippen molar-refractivity contribution in [3.05, 3.63) is 270 Å². The zero-order valence-electron chi connectivity index (χ0n) is 52.0. The van der Waals surface area contributed by atoms with Crippen molar-refractivity contribution in [3.63, 3.8) is 0 Å². The first-order valence-electron chi connectivity index (χ1n) is 29.4. The van der Waals surface area contributed by atoms with E-state index >= 15 is 0 Å². The Hall–Kier alpha value is -12.4. The Morgan fingerprint density at radius 2 is 0.918 bits per heavy atom. The summed E-state index contributed by atoms with van der Waals surface area (Å²) in [5, 5.41) is 8.34. The first kappa shape index (κ1) is 69.0. The second kappa shape index (κ2) is 31.5. The third kappa shape index (κ3) is 18.5. The minimum Gasteiger partial charge on any atom is -0.347 e. The molecule has 0 radical (unpaired) electrons. The van der Waals surface area contributed by atoms with Gasteiger partial charge in [0.2, 0.25) is 0 Å². The number of carbonyl (C=O) groups excluding carboxylic acids is 3. The Morgan fingerprint density at radius 3 is 1.43 bits per heavy atom. The molecule has 12 heterocycles. The maximum absolute atomic E-state index is 14.6. The summed E-state index contributed by atoms with van der Waals surface area (Å²) in [7, 11) is 0. The van der Waals surface area contributed by atoms with Crippen molar-refractivity contribution in [1.82, 2.24) is 90.7 Å². The van der Waals surface area contributed by atoms with E-state index in [0.29, 0.717) is 69.9 Å². The van der Waals surface area contributed by atoms with Crippen LogP contribution in [-0.4, -0.2) is 92.5 Å². The van der Waals surface area contributed by atoms with Gasteiger partial charge in [0.1, 0.15) is 40.0 Å². The molecule has 3 N–H and O–H groups in total. The number of aromatic nitrogens is 15. The highest BCUT2D eigenvalue weighted by molar-refractivity contribution is 5.94. The molecule has 12 aromatic heterocycles. The van der Waals surface area contributed by atoms with Gasteiger partial charge < -0.3 is 16.0 Å². The Bertz CT molecular complexity index is 4670. The average Bonchev–Trinajstić information content (AvgIpc) is 0.895. The lowest BCUT2D eigenvalue weighted by atomic mass is 10.0. The SMILES string of the molecule is C.CC(F)(F)c1cc(-c2ncc(CNC(=O)c3ccc(-c4cnccn4)cn3)cc2F)ccn1.Cc1cc(-c2cnc(CNC(=O)c3ccc(-c4cnccn4)cn3)cc2C)ccn1.Cc1cc(-c2cnccn2)cnc1C(=O)NCc1ccc(-c2ccnc(C(C)(F)F)c2)nc1. The molecule has 488 valence electrons. The molecule has 0 aromatic carbocycles. The van der Waals surface area contributed by atoms with Gasteiger partial charge in [-0.25, -0.2) is 4.39 Å². The molecule has 0 spiro atoms. The maximum Gasteiger partial charge on any atom is 0.286 e. The van der Waals surface area contributed by atoms with Crippen molar-refractivity contribution >= 4 is 17.7 Å². The van der Waals surface area contributed by atoms with E-state index in [-0.39, 0.29) is 55.0 Å². The van der Waals surface area contributed by atoms with Crippen LogP contribution >= 0.6 is 0 Å². The van der Waals surface area contributed by atoms with E-state index in [0.717, 1.165) is 57.8 Å². The van der Waals surface area contributed by atoms with E-state index in [1.54, 1.807) is 130 Å². The highest BCUT2D eigenvalue weighted by Crippen LogP contribution is 2.31. The number of hydrogen-bond donors (Lipinski definition) is 3. The van der Waals surface area contributed by atoms with Crippen LogP contribution in [0.2, 0.25) is 0 Å². The number of hydrogen-bond acceptors (Lipinski definition) is 18. The largest absolute Gasteiger partial charge is 0.347 e. The van der Waals surface area contributed by atoms with Gasteiger partial charge in [0.25, 0.3) is 29.6 Å². The quantitative estimate of drug-likeness (QED) is 0.0714. The van der Waals surface area contributed by atoms with E-state index in [2.05, 4.69) is 90.7 Å². The van der Waals surface area contributed by atoms with Crippen molar-refractivity contribution in [1.29, 1.82) is 0 Å². The summed E-state index contributed by atoms with van der Waals surface area (Å²) in [5.41, 5.74) is 12.4. The minimum atomic E-state index is -3.16. The average molecular weight is 1310 g/mol. The van der Waals surface area contributed by atoms with E-state index < -0.39 is 29.3 Å². The van der Waals surface area contributed by atoms with Crippen molar-refractivity contribution in [2.45, 2.75) is 73.5 Å². The summed E-state index contributed by atoms with van der Waals surface area (Å²) in [5.74, 6) is -7.91. The molecule has 0 atom stereocenters. The Labute approximate surface area is 553 Å². The Kier molecular flexibility index (Phi) is 22.4. The van der Waals surface area contributed by atoms with Crippen LogP contribution in [0.3, 0.4) is 0 Å². The monoisotopic (exact) mass is 1310 g/mol. The standard InChI is InChI=1S/C24H20F2N6O.C23H17F3N6O.C23H20N6O.CH4/c1-15-9-18(20-14-27-7-8-28-20)13-31-22(15)23(33)32-12-16-3-4-19(30-11-16)17-5-6-29-21(10-17)24(2,25)26;1-23(25,26)20-9-15(4-5-29-20)21-17(24)8-14(10-31-21)11-32-22(33)18-3-2-16(12-30-18)19-13-27-6-7-28-19;1-15-9-19(27-13-20(15)17-5-6-25-16(2)10-17)12-29-23(30)21-4-3-18(11-28-21)22-14-24-7-8-26-22;/h3-11,13-14H,12H2,1-2H3,(H,32,33);2-10,12-13H,11H2,1H3,(H,32,33);3-11,13-14H,12H2,1-2H3,(H,29,30);1H4. The van der Waals surface area contributed by atoms with Gasteiger partial charge in [0.15, 0.2) is 0 Å². The van der Waals surface area contributed by atoms with Crippen molar-refractivity contribution in [3.8, 4) is 67.4 Å². The molecule has 0 aliphatic rings. The normalized spacial score (nSPS) is 10.9. The number of alkyl halides is 4. The Balaban J connectivity index is 0.000000170. The number of halogens is 5. The van der Waals surface area contributed by atoms with Gasteiger partial charge in [0, 0.05) is 159 Å². The van der Waals surface area contributed by atoms with Gasteiger partial charge >= 0.3 is 0 Å². The zero-order chi connectivity index (χ0) is 67.8. The molecule has 0 aliphatic carbocycles. The highest BCUT2D eigenvalue weighted by Gasteiger charge is 2.28. The lowest BCUT2D eigenvalue weighted by Crippen LogP contribution is -2.24. The predicted molar refractivity (Wildman–Crippen MR) is 352 cm³/mol. The molecule has 0 unspecified atom stereocenters. The van der Waals surface area contributed by atoms with E-state index in [1.165, 1.54) is 43.0 Å². The summed E-state index contributed by atoms with van der Waals surface area (Å²) in [6.45, 7) is 7.89. The van der Waals surface area contributed by atoms with Crippen molar-refractivity contribution < 1.29 is 36.3 Å². The number of pyridine rings is 9. The summed E-state index contributed by atoms with van der Waals surface area (Å²) >= 11 is 0. The van der Waals surface area contributed by atoms with Crippen LogP contribution in [0.4, 0.5) is 22.0 Å². The van der Waals surface area contributed by atoms with E-state index in [1.807, 2.05) is 44.3 Å². The number of nitrogens with one attached hydrogen (secondary N) is 3.